The normalized spacial score (nSPS) is 10.9. The van der Waals surface area contributed by atoms with Crippen LogP contribution in [0.25, 0.3) is 0 Å². The summed E-state index contributed by atoms with van der Waals surface area (Å²) in [7, 11) is 1.89. The van der Waals surface area contributed by atoms with Crippen LogP contribution in [0.2, 0.25) is 5.02 Å². The Balaban J connectivity index is 2.12. The number of aromatic nitrogens is 2. The first-order valence-electron chi connectivity index (χ1n) is 6.97. The molecule has 112 valence electrons. The number of nitrogens with one attached hydrogen (secondary N) is 1. The zero-order valence-electron chi connectivity index (χ0n) is 12.6. The van der Waals surface area contributed by atoms with Crippen molar-refractivity contribution in [3.63, 3.8) is 0 Å². The molecule has 0 bridgehead atoms. The maximum Gasteiger partial charge on any atom is 0.160 e. The van der Waals surface area contributed by atoms with Crippen molar-refractivity contribution in [1.82, 2.24) is 15.3 Å². The van der Waals surface area contributed by atoms with Crippen LogP contribution in [0.5, 0.6) is 5.75 Å². The van der Waals surface area contributed by atoms with Crippen LogP contribution in [-0.2, 0) is 13.2 Å². The zero-order chi connectivity index (χ0) is 15.2. The molecular formula is C16H20ClN3O. The Morgan fingerprint density at radius 2 is 1.95 bits per heavy atom. The minimum atomic E-state index is 0.297. The van der Waals surface area contributed by atoms with Gasteiger partial charge in [-0.25, -0.2) is 9.97 Å². The number of hydrogen-bond donors (Lipinski definition) is 1. The van der Waals surface area contributed by atoms with E-state index in [1.807, 2.05) is 31.3 Å². The van der Waals surface area contributed by atoms with Crippen molar-refractivity contribution in [3.8, 4) is 5.75 Å². The topological polar surface area (TPSA) is 47.0 Å². The predicted molar refractivity (Wildman–Crippen MR) is 84.7 cm³/mol. The lowest BCUT2D eigenvalue weighted by atomic mass is 10.2. The van der Waals surface area contributed by atoms with Crippen molar-refractivity contribution in [2.45, 2.75) is 32.9 Å². The monoisotopic (exact) mass is 305 g/mol. The molecule has 0 spiro atoms. The van der Waals surface area contributed by atoms with Gasteiger partial charge in [0, 0.05) is 17.5 Å². The summed E-state index contributed by atoms with van der Waals surface area (Å²) in [6, 6.07) is 7.60. The van der Waals surface area contributed by atoms with E-state index in [4.69, 9.17) is 16.3 Å². The fourth-order valence-corrected chi connectivity index (χ4v) is 1.98. The molecular weight excluding hydrogens is 286 g/mol. The molecule has 2 aromatic rings. The highest BCUT2D eigenvalue weighted by Crippen LogP contribution is 2.20. The Labute approximate surface area is 130 Å². The van der Waals surface area contributed by atoms with Crippen LogP contribution in [0.15, 0.2) is 30.5 Å². The van der Waals surface area contributed by atoms with E-state index in [0.717, 1.165) is 22.1 Å². The smallest absolute Gasteiger partial charge is 0.160 e. The highest BCUT2D eigenvalue weighted by molar-refractivity contribution is 6.30. The molecule has 4 nitrogen and oxygen atoms in total. The van der Waals surface area contributed by atoms with E-state index in [0.29, 0.717) is 24.8 Å². The summed E-state index contributed by atoms with van der Waals surface area (Å²) >= 11 is 5.87. The number of hydrogen-bond acceptors (Lipinski definition) is 4. The molecule has 5 heteroatoms. The lowest BCUT2D eigenvalue weighted by Gasteiger charge is -2.13. The lowest BCUT2D eigenvalue weighted by Crippen LogP contribution is -2.12. The van der Waals surface area contributed by atoms with Crippen molar-refractivity contribution in [1.29, 1.82) is 0 Å². The molecule has 0 aliphatic heterocycles. The Bertz CT molecular complexity index is 585. The molecule has 0 amide bonds. The molecule has 1 aromatic heterocycles. The van der Waals surface area contributed by atoms with E-state index < -0.39 is 0 Å². The van der Waals surface area contributed by atoms with Crippen molar-refractivity contribution in [2.24, 2.45) is 0 Å². The van der Waals surface area contributed by atoms with Crippen LogP contribution in [0.1, 0.15) is 36.8 Å². The van der Waals surface area contributed by atoms with Crippen molar-refractivity contribution in [2.75, 3.05) is 7.05 Å². The SMILES string of the molecule is CNCc1nc(C(C)C)ncc1OCc1ccc(Cl)cc1. The lowest BCUT2D eigenvalue weighted by molar-refractivity contribution is 0.298. The van der Waals surface area contributed by atoms with Gasteiger partial charge < -0.3 is 10.1 Å². The fourth-order valence-electron chi connectivity index (χ4n) is 1.86. The molecule has 0 fully saturated rings. The third kappa shape index (κ3) is 4.41. The van der Waals surface area contributed by atoms with Crippen molar-refractivity contribution >= 4 is 11.6 Å². The van der Waals surface area contributed by atoms with Crippen molar-refractivity contribution in [3.05, 3.63) is 52.6 Å². The minimum Gasteiger partial charge on any atom is -0.485 e. The van der Waals surface area contributed by atoms with Gasteiger partial charge >= 0.3 is 0 Å². The molecule has 0 atom stereocenters. The maximum absolute atomic E-state index is 5.87. The molecule has 0 unspecified atom stereocenters. The van der Waals surface area contributed by atoms with E-state index in [1.165, 1.54) is 0 Å². The third-order valence-electron chi connectivity index (χ3n) is 3.02. The summed E-state index contributed by atoms with van der Waals surface area (Å²) in [5.41, 5.74) is 1.94. The average molecular weight is 306 g/mol. The number of ether oxygens (including phenoxy) is 1. The first kappa shape index (κ1) is 15.7. The van der Waals surface area contributed by atoms with Gasteiger partial charge in [-0.3, -0.25) is 0 Å². The van der Waals surface area contributed by atoms with Gasteiger partial charge in [0.1, 0.15) is 12.4 Å². The van der Waals surface area contributed by atoms with Crippen LogP contribution >= 0.6 is 11.6 Å². The van der Waals surface area contributed by atoms with Gasteiger partial charge in [0.2, 0.25) is 0 Å². The summed E-state index contributed by atoms with van der Waals surface area (Å²) in [5.74, 6) is 1.84. The maximum atomic E-state index is 5.87. The quantitative estimate of drug-likeness (QED) is 0.886. The summed E-state index contributed by atoms with van der Waals surface area (Å²) in [6.07, 6.45) is 1.75. The van der Waals surface area contributed by atoms with Crippen LogP contribution in [0, 0.1) is 0 Å². The van der Waals surface area contributed by atoms with Crippen molar-refractivity contribution < 1.29 is 4.74 Å². The van der Waals surface area contributed by atoms with Gasteiger partial charge in [0.25, 0.3) is 0 Å². The second kappa shape index (κ2) is 7.38. The van der Waals surface area contributed by atoms with Crippen LogP contribution in [-0.4, -0.2) is 17.0 Å². The molecule has 21 heavy (non-hydrogen) atoms. The first-order chi connectivity index (χ1) is 10.1. The molecule has 0 saturated carbocycles. The molecule has 1 N–H and O–H groups in total. The van der Waals surface area contributed by atoms with Crippen LogP contribution in [0.3, 0.4) is 0 Å². The van der Waals surface area contributed by atoms with Gasteiger partial charge in [0.05, 0.1) is 11.9 Å². The Morgan fingerprint density at radius 3 is 2.57 bits per heavy atom. The van der Waals surface area contributed by atoms with E-state index >= 15 is 0 Å². The van der Waals surface area contributed by atoms with Crippen LogP contribution in [0.4, 0.5) is 0 Å². The second-order valence-corrected chi connectivity index (χ2v) is 5.58. The van der Waals surface area contributed by atoms with E-state index in [-0.39, 0.29) is 0 Å². The van der Waals surface area contributed by atoms with Crippen LogP contribution < -0.4 is 10.1 Å². The molecule has 0 saturated heterocycles. The average Bonchev–Trinajstić information content (AvgIpc) is 2.47. The highest BCUT2D eigenvalue weighted by atomic mass is 35.5. The van der Waals surface area contributed by atoms with Gasteiger partial charge in [0.15, 0.2) is 5.75 Å². The summed E-state index contributed by atoms with van der Waals surface area (Å²) < 4.78 is 5.84. The number of nitrogens with zero attached hydrogens (tertiary/aromatic N) is 2. The molecule has 1 aromatic carbocycles. The van der Waals surface area contributed by atoms with E-state index in [9.17, 15) is 0 Å². The fraction of sp³-hybridized carbons (Fsp3) is 0.375. The molecule has 1 heterocycles. The summed E-state index contributed by atoms with van der Waals surface area (Å²) in [5, 5.41) is 3.83. The van der Waals surface area contributed by atoms with E-state index in [1.54, 1.807) is 6.20 Å². The molecule has 0 radical (unpaired) electrons. The summed E-state index contributed by atoms with van der Waals surface area (Å²) in [4.78, 5) is 8.93. The first-order valence-corrected chi connectivity index (χ1v) is 7.35. The zero-order valence-corrected chi connectivity index (χ0v) is 13.3. The number of rotatable bonds is 6. The van der Waals surface area contributed by atoms with Gasteiger partial charge in [-0.05, 0) is 24.7 Å². The van der Waals surface area contributed by atoms with Gasteiger partial charge in [-0.2, -0.15) is 0 Å². The predicted octanol–water partition coefficient (Wildman–Crippen LogP) is 3.55. The Kier molecular flexibility index (Phi) is 5.53. The second-order valence-electron chi connectivity index (χ2n) is 5.14. The molecule has 0 aliphatic carbocycles. The van der Waals surface area contributed by atoms with E-state index in [2.05, 4.69) is 29.1 Å². The number of benzene rings is 1. The largest absolute Gasteiger partial charge is 0.485 e. The number of halogens is 1. The molecule has 0 aliphatic rings. The van der Waals surface area contributed by atoms with Gasteiger partial charge in [-0.1, -0.05) is 37.6 Å². The minimum absolute atomic E-state index is 0.297. The highest BCUT2D eigenvalue weighted by Gasteiger charge is 2.10. The third-order valence-corrected chi connectivity index (χ3v) is 3.27. The molecule has 2 rings (SSSR count). The summed E-state index contributed by atoms with van der Waals surface area (Å²) in [6.45, 7) is 5.27. The standard InChI is InChI=1S/C16H20ClN3O/c1-11(2)16-19-9-15(14(20-16)8-18-3)21-10-12-4-6-13(17)7-5-12/h4-7,9,11,18H,8,10H2,1-3H3. The Hall–Kier alpha value is -1.65. The van der Waals surface area contributed by atoms with Gasteiger partial charge in [-0.15, -0.1) is 0 Å². The Morgan fingerprint density at radius 1 is 1.24 bits per heavy atom.